The highest BCUT2D eigenvalue weighted by atomic mass is 19.4. The molecule has 0 unspecified atom stereocenters. The average Bonchev–Trinajstić information content (AvgIpc) is 3.19. The van der Waals surface area contributed by atoms with E-state index in [0.717, 1.165) is 25.2 Å². The summed E-state index contributed by atoms with van der Waals surface area (Å²) in [5.41, 5.74) is 0.524. The van der Waals surface area contributed by atoms with E-state index in [-0.39, 0.29) is 5.91 Å². The van der Waals surface area contributed by atoms with Crippen molar-refractivity contribution in [2.75, 3.05) is 38.5 Å². The maximum Gasteiger partial charge on any atom is 0.416 e. The van der Waals surface area contributed by atoms with Gasteiger partial charge in [0.1, 0.15) is 5.69 Å². The number of alkyl halides is 3. The molecule has 0 saturated carbocycles. The van der Waals surface area contributed by atoms with Crippen LogP contribution in [0, 0.1) is 0 Å². The van der Waals surface area contributed by atoms with Gasteiger partial charge in [-0.2, -0.15) is 13.2 Å². The Hall–Kier alpha value is -3.14. The number of carbonyl (C=O) groups excluding carboxylic acids is 1. The van der Waals surface area contributed by atoms with Crippen LogP contribution in [-0.2, 0) is 6.18 Å². The van der Waals surface area contributed by atoms with Gasteiger partial charge in [0, 0.05) is 44.8 Å². The third kappa shape index (κ3) is 4.48. The fraction of sp³-hybridized carbons (Fsp3) is 0.381. The fourth-order valence-corrected chi connectivity index (χ4v) is 3.57. The van der Waals surface area contributed by atoms with Gasteiger partial charge < -0.3 is 19.5 Å². The van der Waals surface area contributed by atoms with Crippen LogP contribution >= 0.6 is 0 Å². The number of hydrogen-bond acceptors (Lipinski definition) is 5. The summed E-state index contributed by atoms with van der Waals surface area (Å²) >= 11 is 0. The van der Waals surface area contributed by atoms with Crippen molar-refractivity contribution in [3.63, 3.8) is 0 Å². The number of halogens is 3. The van der Waals surface area contributed by atoms with Crippen molar-refractivity contribution in [3.05, 3.63) is 59.7 Å². The summed E-state index contributed by atoms with van der Waals surface area (Å²) in [5, 5.41) is 3.12. The monoisotopic (exact) mass is 432 g/mol. The number of nitrogens with zero attached hydrogens (tertiary/aromatic N) is 5. The number of aromatic nitrogens is 3. The number of anilines is 1. The highest BCUT2D eigenvalue weighted by molar-refractivity contribution is 5.93. The first kappa shape index (κ1) is 21.1. The molecule has 0 spiro atoms. The maximum absolute atomic E-state index is 13.0. The van der Waals surface area contributed by atoms with Crippen LogP contribution in [0.2, 0.25) is 0 Å². The number of hydrogen-bond donors (Lipinski definition) is 1. The molecule has 4 rings (SSSR count). The summed E-state index contributed by atoms with van der Waals surface area (Å²) < 4.78 is 40.8. The second kappa shape index (κ2) is 8.18. The largest absolute Gasteiger partial charge is 0.416 e. The minimum Gasteiger partial charge on any atom is -0.360 e. The molecular formula is C21H23F3N6O. The molecule has 1 aliphatic rings. The first-order valence-electron chi connectivity index (χ1n) is 9.97. The third-order valence-electron chi connectivity index (χ3n) is 5.45. The van der Waals surface area contributed by atoms with E-state index in [1.54, 1.807) is 40.9 Å². The lowest BCUT2D eigenvalue weighted by Gasteiger charge is -2.31. The molecule has 1 fully saturated rings. The van der Waals surface area contributed by atoms with E-state index >= 15 is 0 Å². The minimum absolute atomic E-state index is 0.145. The van der Waals surface area contributed by atoms with Gasteiger partial charge in [-0.1, -0.05) is 12.1 Å². The molecular weight excluding hydrogens is 409 g/mol. The van der Waals surface area contributed by atoms with E-state index in [9.17, 15) is 18.0 Å². The van der Waals surface area contributed by atoms with Crippen molar-refractivity contribution >= 4 is 17.4 Å². The maximum atomic E-state index is 13.0. The predicted molar refractivity (Wildman–Crippen MR) is 110 cm³/mol. The average molecular weight is 432 g/mol. The quantitative estimate of drug-likeness (QED) is 0.685. The Bertz CT molecular complexity index is 1090. The Labute approximate surface area is 177 Å². The van der Waals surface area contributed by atoms with Crippen LogP contribution in [0.4, 0.5) is 19.0 Å². The number of likely N-dealkylation sites (N-methyl/N-ethyl adjacent to an activating group) is 1. The highest BCUT2D eigenvalue weighted by Crippen LogP contribution is 2.31. The second-order valence-electron chi connectivity index (χ2n) is 7.72. The van der Waals surface area contributed by atoms with Crippen molar-refractivity contribution in [2.24, 2.45) is 0 Å². The van der Waals surface area contributed by atoms with E-state index in [2.05, 4.69) is 20.2 Å². The summed E-state index contributed by atoms with van der Waals surface area (Å²) in [6.45, 7) is 4.64. The van der Waals surface area contributed by atoms with Gasteiger partial charge in [0.2, 0.25) is 0 Å². The Morgan fingerprint density at radius 3 is 2.65 bits per heavy atom. The van der Waals surface area contributed by atoms with Crippen LogP contribution in [0.5, 0.6) is 0 Å². The summed E-state index contributed by atoms with van der Waals surface area (Å²) in [6, 6.07) is 4.72. The van der Waals surface area contributed by atoms with Gasteiger partial charge in [-0.15, -0.1) is 0 Å². The van der Waals surface area contributed by atoms with Crippen molar-refractivity contribution in [3.8, 4) is 0 Å². The molecule has 31 heavy (non-hydrogen) atoms. The molecule has 164 valence electrons. The number of fused-ring (bicyclic) bond motifs is 1. The SMILES string of the molecule is C[C@@H](Nc1nccn2cc(C(=O)N3CCN(C)CC3)nc12)c1cccc(C(F)(F)F)c1. The number of imidazole rings is 1. The molecule has 10 heteroatoms. The van der Waals surface area contributed by atoms with Crippen LogP contribution < -0.4 is 5.32 Å². The van der Waals surface area contributed by atoms with Crippen molar-refractivity contribution in [2.45, 2.75) is 19.1 Å². The summed E-state index contributed by atoms with van der Waals surface area (Å²) in [7, 11) is 2.02. The van der Waals surface area contributed by atoms with Crippen LogP contribution in [0.15, 0.2) is 42.9 Å². The summed E-state index contributed by atoms with van der Waals surface area (Å²) in [4.78, 5) is 25.5. The normalized spacial score (nSPS) is 16.5. The predicted octanol–water partition coefficient (Wildman–Crippen LogP) is 3.31. The first-order valence-corrected chi connectivity index (χ1v) is 9.97. The van der Waals surface area contributed by atoms with Gasteiger partial charge in [0.15, 0.2) is 11.5 Å². The number of benzene rings is 1. The molecule has 1 amide bonds. The zero-order chi connectivity index (χ0) is 22.2. The summed E-state index contributed by atoms with van der Waals surface area (Å²) in [5.74, 6) is 0.249. The van der Waals surface area contributed by atoms with E-state index in [1.165, 1.54) is 6.07 Å². The van der Waals surface area contributed by atoms with Gasteiger partial charge in [-0.3, -0.25) is 4.79 Å². The highest BCUT2D eigenvalue weighted by Gasteiger charge is 2.31. The molecule has 0 bridgehead atoms. The van der Waals surface area contributed by atoms with Crippen molar-refractivity contribution in [1.82, 2.24) is 24.2 Å². The topological polar surface area (TPSA) is 65.8 Å². The first-order chi connectivity index (χ1) is 14.7. The Morgan fingerprint density at radius 1 is 1.19 bits per heavy atom. The van der Waals surface area contributed by atoms with Crippen LogP contribution in [-0.4, -0.2) is 63.3 Å². The van der Waals surface area contributed by atoms with Gasteiger partial charge in [-0.25, -0.2) is 9.97 Å². The Balaban J connectivity index is 1.57. The molecule has 3 heterocycles. The molecule has 1 N–H and O–H groups in total. The number of nitrogens with one attached hydrogen (secondary N) is 1. The number of amides is 1. The third-order valence-corrected chi connectivity index (χ3v) is 5.45. The van der Waals surface area contributed by atoms with E-state index in [4.69, 9.17) is 0 Å². The smallest absolute Gasteiger partial charge is 0.360 e. The minimum atomic E-state index is -4.41. The molecule has 1 atom stereocenters. The van der Waals surface area contributed by atoms with Gasteiger partial charge in [0.05, 0.1) is 11.6 Å². The van der Waals surface area contributed by atoms with Crippen LogP contribution in [0.1, 0.15) is 34.6 Å². The molecule has 1 saturated heterocycles. The van der Waals surface area contributed by atoms with Crippen LogP contribution in [0.3, 0.4) is 0 Å². The van der Waals surface area contributed by atoms with Gasteiger partial charge >= 0.3 is 6.18 Å². The number of rotatable bonds is 4. The van der Waals surface area contributed by atoms with Gasteiger partial charge in [0.25, 0.3) is 5.91 Å². The van der Waals surface area contributed by atoms with Crippen molar-refractivity contribution in [1.29, 1.82) is 0 Å². The molecule has 7 nitrogen and oxygen atoms in total. The Kier molecular flexibility index (Phi) is 5.57. The summed E-state index contributed by atoms with van der Waals surface area (Å²) in [6.07, 6.45) is 0.483. The van der Waals surface area contributed by atoms with Crippen LogP contribution in [0.25, 0.3) is 5.65 Å². The number of piperazine rings is 1. The van der Waals surface area contributed by atoms with E-state index < -0.39 is 17.8 Å². The van der Waals surface area contributed by atoms with Gasteiger partial charge in [-0.05, 0) is 31.7 Å². The lowest BCUT2D eigenvalue weighted by Crippen LogP contribution is -2.47. The van der Waals surface area contributed by atoms with E-state index in [1.807, 2.05) is 7.05 Å². The molecule has 2 aromatic heterocycles. The fourth-order valence-electron chi connectivity index (χ4n) is 3.57. The zero-order valence-corrected chi connectivity index (χ0v) is 17.2. The zero-order valence-electron chi connectivity index (χ0n) is 17.2. The van der Waals surface area contributed by atoms with E-state index in [0.29, 0.717) is 35.8 Å². The molecule has 3 aromatic rings. The number of carbonyl (C=O) groups is 1. The lowest BCUT2D eigenvalue weighted by atomic mass is 10.0. The van der Waals surface area contributed by atoms with Crippen molar-refractivity contribution < 1.29 is 18.0 Å². The standard InChI is InChI=1S/C21H23F3N6O/c1-14(15-4-3-5-16(12-15)21(22,23)24)26-18-19-27-17(13-30(19)7-6-25-18)20(31)29-10-8-28(2)9-11-29/h3-7,12-14H,8-11H2,1-2H3,(H,25,26)/t14-/m1/s1. The molecule has 1 aromatic carbocycles. The molecule has 1 aliphatic heterocycles. The molecule has 0 radical (unpaired) electrons. The lowest BCUT2D eigenvalue weighted by molar-refractivity contribution is -0.137. The second-order valence-corrected chi connectivity index (χ2v) is 7.72. The Morgan fingerprint density at radius 2 is 1.94 bits per heavy atom. The molecule has 0 aliphatic carbocycles.